The summed E-state index contributed by atoms with van der Waals surface area (Å²) in [5, 5.41) is 12.3. The lowest BCUT2D eigenvalue weighted by molar-refractivity contribution is -0.142. The first kappa shape index (κ1) is 20.0. The van der Waals surface area contributed by atoms with Crippen molar-refractivity contribution in [2.75, 3.05) is 19.0 Å². The predicted octanol–water partition coefficient (Wildman–Crippen LogP) is 3.75. The summed E-state index contributed by atoms with van der Waals surface area (Å²) in [7, 11) is 1.26. The van der Waals surface area contributed by atoms with Gasteiger partial charge in [0.2, 0.25) is 0 Å². The molecule has 7 heteroatoms. The number of esters is 1. The summed E-state index contributed by atoms with van der Waals surface area (Å²) in [6.07, 6.45) is 1.42. The molecule has 27 heavy (non-hydrogen) atoms. The van der Waals surface area contributed by atoms with Gasteiger partial charge in [-0.25, -0.2) is 4.79 Å². The molecule has 0 unspecified atom stereocenters. The smallest absolute Gasteiger partial charge is 0.343 e. The predicted molar refractivity (Wildman–Crippen MR) is 102 cm³/mol. The van der Waals surface area contributed by atoms with Crippen molar-refractivity contribution in [2.45, 2.75) is 6.92 Å². The number of hydrogen-bond acceptors (Lipinski definition) is 5. The zero-order valence-corrected chi connectivity index (χ0v) is 15.5. The molecular formula is C20H17ClN2O4. The molecule has 0 spiro atoms. The number of nitrogens with one attached hydrogen (secondary N) is 1. The Morgan fingerprint density at radius 1 is 1.26 bits per heavy atom. The molecule has 2 aromatic rings. The van der Waals surface area contributed by atoms with Gasteiger partial charge in [0.25, 0.3) is 5.91 Å². The monoisotopic (exact) mass is 384 g/mol. The summed E-state index contributed by atoms with van der Waals surface area (Å²) in [5.74, 6) is -0.759. The number of ether oxygens (including phenoxy) is 2. The van der Waals surface area contributed by atoms with Gasteiger partial charge in [-0.2, -0.15) is 5.26 Å². The molecule has 6 nitrogen and oxygen atoms in total. The Morgan fingerprint density at radius 2 is 2.00 bits per heavy atom. The Morgan fingerprint density at radius 3 is 2.63 bits per heavy atom. The number of aryl methyl sites for hydroxylation is 1. The van der Waals surface area contributed by atoms with Gasteiger partial charge in [-0.05, 0) is 42.3 Å². The van der Waals surface area contributed by atoms with Crippen molar-refractivity contribution < 1.29 is 19.1 Å². The molecule has 1 N–H and O–H groups in total. The molecule has 0 aliphatic carbocycles. The number of halogens is 1. The molecule has 2 aromatic carbocycles. The van der Waals surface area contributed by atoms with Crippen LogP contribution in [-0.2, 0) is 14.3 Å². The summed E-state index contributed by atoms with van der Waals surface area (Å²) in [5.41, 5.74) is 1.99. The van der Waals surface area contributed by atoms with Gasteiger partial charge < -0.3 is 14.8 Å². The van der Waals surface area contributed by atoms with E-state index in [1.807, 2.05) is 25.1 Å². The van der Waals surface area contributed by atoms with Crippen LogP contribution < -0.4 is 10.1 Å². The van der Waals surface area contributed by atoms with Crippen LogP contribution in [-0.4, -0.2) is 25.6 Å². The van der Waals surface area contributed by atoms with Crippen LogP contribution in [0.25, 0.3) is 6.08 Å². The van der Waals surface area contributed by atoms with Crippen LogP contribution >= 0.6 is 11.6 Å². The lowest BCUT2D eigenvalue weighted by Gasteiger charge is -2.08. The van der Waals surface area contributed by atoms with Crippen molar-refractivity contribution in [1.82, 2.24) is 0 Å². The van der Waals surface area contributed by atoms with E-state index in [1.54, 1.807) is 24.3 Å². The number of nitriles is 1. The summed E-state index contributed by atoms with van der Waals surface area (Å²) in [6.45, 7) is 1.59. The maximum Gasteiger partial charge on any atom is 0.343 e. The number of carbonyl (C=O) groups excluding carboxylic acids is 2. The number of para-hydroxylation sites is 1. The zero-order valence-electron chi connectivity index (χ0n) is 14.8. The lowest BCUT2D eigenvalue weighted by Crippen LogP contribution is -2.14. The van der Waals surface area contributed by atoms with E-state index >= 15 is 0 Å². The van der Waals surface area contributed by atoms with Gasteiger partial charge in [0.05, 0.1) is 12.1 Å². The van der Waals surface area contributed by atoms with Crippen molar-refractivity contribution in [1.29, 1.82) is 5.26 Å². The second kappa shape index (κ2) is 9.41. The molecular weight excluding hydrogens is 368 g/mol. The number of benzene rings is 2. The van der Waals surface area contributed by atoms with Gasteiger partial charge in [0.1, 0.15) is 17.4 Å². The van der Waals surface area contributed by atoms with Crippen molar-refractivity contribution in [3.8, 4) is 11.8 Å². The van der Waals surface area contributed by atoms with Crippen LogP contribution in [0.4, 0.5) is 5.69 Å². The maximum atomic E-state index is 12.4. The van der Waals surface area contributed by atoms with E-state index in [-0.39, 0.29) is 17.2 Å². The molecule has 0 aliphatic rings. The number of amides is 1. The Bertz CT molecular complexity index is 932. The van der Waals surface area contributed by atoms with E-state index in [4.69, 9.17) is 16.3 Å². The Labute approximate surface area is 162 Å². The lowest BCUT2D eigenvalue weighted by atomic mass is 10.1. The first-order valence-electron chi connectivity index (χ1n) is 7.92. The molecule has 0 fully saturated rings. The standard InChI is InChI=1S/C20H17ClN2O4/c1-13-5-3-4-6-17(13)23-20(25)15(11-22)9-14-7-8-18(16(21)10-14)27-12-19(24)26-2/h3-10H,12H2,1-2H3,(H,23,25)/b15-9+. The van der Waals surface area contributed by atoms with E-state index in [9.17, 15) is 14.9 Å². The van der Waals surface area contributed by atoms with E-state index in [0.29, 0.717) is 17.0 Å². The molecule has 1 amide bonds. The first-order valence-corrected chi connectivity index (χ1v) is 8.30. The summed E-state index contributed by atoms with van der Waals surface area (Å²) >= 11 is 6.12. The quantitative estimate of drug-likeness (QED) is 0.465. The fourth-order valence-corrected chi connectivity index (χ4v) is 2.38. The van der Waals surface area contributed by atoms with Gasteiger partial charge in [-0.3, -0.25) is 4.79 Å². The van der Waals surface area contributed by atoms with E-state index < -0.39 is 11.9 Å². The highest BCUT2D eigenvalue weighted by Crippen LogP contribution is 2.26. The molecule has 2 rings (SSSR count). The number of carbonyl (C=O) groups is 2. The van der Waals surface area contributed by atoms with Crippen LogP contribution in [0, 0.1) is 18.3 Å². The molecule has 0 bridgehead atoms. The van der Waals surface area contributed by atoms with Crippen molar-refractivity contribution in [3.63, 3.8) is 0 Å². The van der Waals surface area contributed by atoms with Crippen molar-refractivity contribution in [3.05, 3.63) is 64.2 Å². The maximum absolute atomic E-state index is 12.4. The van der Waals surface area contributed by atoms with Crippen LogP contribution in [0.5, 0.6) is 5.75 Å². The third kappa shape index (κ3) is 5.59. The number of nitrogens with zero attached hydrogens (tertiary/aromatic N) is 1. The summed E-state index contributed by atoms with van der Waals surface area (Å²) in [4.78, 5) is 23.5. The fraction of sp³-hybridized carbons (Fsp3) is 0.150. The Kier molecular flexibility index (Phi) is 6.98. The van der Waals surface area contributed by atoms with E-state index in [1.165, 1.54) is 19.3 Å². The van der Waals surface area contributed by atoms with Gasteiger partial charge >= 0.3 is 5.97 Å². The van der Waals surface area contributed by atoms with Crippen LogP contribution in [0.15, 0.2) is 48.0 Å². The van der Waals surface area contributed by atoms with Crippen LogP contribution in [0.2, 0.25) is 5.02 Å². The number of anilines is 1. The second-order valence-electron chi connectivity index (χ2n) is 5.49. The third-order valence-electron chi connectivity index (χ3n) is 3.60. The molecule has 0 heterocycles. The minimum absolute atomic E-state index is 0.0717. The molecule has 0 aromatic heterocycles. The van der Waals surface area contributed by atoms with Gasteiger partial charge in [-0.15, -0.1) is 0 Å². The van der Waals surface area contributed by atoms with Crippen molar-refractivity contribution >= 4 is 35.2 Å². The first-order chi connectivity index (χ1) is 12.9. The highest BCUT2D eigenvalue weighted by Gasteiger charge is 2.12. The number of methoxy groups -OCH3 is 1. The molecule has 0 saturated carbocycles. The van der Waals surface area contributed by atoms with E-state index in [2.05, 4.69) is 10.1 Å². The van der Waals surface area contributed by atoms with E-state index in [0.717, 1.165) is 5.56 Å². The minimum Gasteiger partial charge on any atom is -0.480 e. The van der Waals surface area contributed by atoms with Gasteiger partial charge in [0.15, 0.2) is 6.61 Å². The SMILES string of the molecule is COC(=O)COc1ccc(/C=C(\C#N)C(=O)Nc2ccccc2C)cc1Cl. The average molecular weight is 385 g/mol. The molecule has 0 atom stereocenters. The van der Waals surface area contributed by atoms with Gasteiger partial charge in [0, 0.05) is 5.69 Å². The number of rotatable bonds is 6. The fourth-order valence-electron chi connectivity index (χ4n) is 2.14. The Balaban J connectivity index is 2.16. The topological polar surface area (TPSA) is 88.4 Å². The normalized spacial score (nSPS) is 10.7. The molecule has 138 valence electrons. The van der Waals surface area contributed by atoms with Crippen LogP contribution in [0.3, 0.4) is 0 Å². The van der Waals surface area contributed by atoms with Crippen molar-refractivity contribution in [2.24, 2.45) is 0 Å². The second-order valence-corrected chi connectivity index (χ2v) is 5.90. The summed E-state index contributed by atoms with van der Waals surface area (Å²) < 4.78 is 9.73. The van der Waals surface area contributed by atoms with Crippen LogP contribution in [0.1, 0.15) is 11.1 Å². The molecule has 0 saturated heterocycles. The zero-order chi connectivity index (χ0) is 19.8. The largest absolute Gasteiger partial charge is 0.480 e. The number of hydrogen-bond donors (Lipinski definition) is 1. The minimum atomic E-state index is -0.533. The molecule has 0 radical (unpaired) electrons. The summed E-state index contributed by atoms with van der Waals surface area (Å²) in [6, 6.07) is 13.9. The highest BCUT2D eigenvalue weighted by atomic mass is 35.5. The average Bonchev–Trinajstić information content (AvgIpc) is 2.66. The molecule has 0 aliphatic heterocycles. The van der Waals surface area contributed by atoms with Gasteiger partial charge in [-0.1, -0.05) is 35.9 Å². The third-order valence-corrected chi connectivity index (χ3v) is 3.89. The highest BCUT2D eigenvalue weighted by molar-refractivity contribution is 6.32. The Hall–Kier alpha value is -3.30.